The molecular weight excluding hydrogens is 612 g/mol. The molecule has 1 saturated carbocycles. The largest absolute Gasteiger partial charge is 0.366 e. The van der Waals surface area contributed by atoms with E-state index in [1.54, 1.807) is 24.3 Å². The van der Waals surface area contributed by atoms with Crippen molar-refractivity contribution in [3.05, 3.63) is 36.2 Å². The maximum atomic E-state index is 13.9. The lowest BCUT2D eigenvalue weighted by atomic mass is 9.71. The number of rotatable bonds is 5. The van der Waals surface area contributed by atoms with Crippen LogP contribution in [0.15, 0.2) is 30.6 Å². The van der Waals surface area contributed by atoms with E-state index in [1.165, 1.54) is 15.9 Å². The molecule has 2 amide bonds. The minimum atomic E-state index is -0.758. The van der Waals surface area contributed by atoms with E-state index in [4.69, 9.17) is 16.3 Å². The molecule has 40 heavy (non-hydrogen) atoms. The second-order valence-corrected chi connectivity index (χ2v) is 11.0. The Bertz CT molecular complexity index is 1130. The van der Waals surface area contributed by atoms with Gasteiger partial charge in [-0.1, -0.05) is 27.3 Å². The number of aromatic nitrogens is 4. The Balaban J connectivity index is 0.00000304. The molecule has 226 valence electrons. The molecule has 3 heterocycles. The molecule has 4 atom stereocenters. The monoisotopic (exact) mass is 652 g/mol. The minimum absolute atomic E-state index is 0. The summed E-state index contributed by atoms with van der Waals surface area (Å²) in [4.78, 5) is 41.3. The fourth-order valence-electron chi connectivity index (χ4n) is 5.43. The topological polar surface area (TPSA) is 119 Å². The Morgan fingerprint density at radius 2 is 1.82 bits per heavy atom. The lowest BCUT2D eigenvalue weighted by Gasteiger charge is -2.39. The maximum Gasteiger partial charge on any atom is 0.252 e. The molecule has 3 fully saturated rings. The third-order valence-electron chi connectivity index (χ3n) is 7.54. The van der Waals surface area contributed by atoms with Crippen LogP contribution >= 0.6 is 65.6 Å². The summed E-state index contributed by atoms with van der Waals surface area (Å²) >= 11 is 6.44. The van der Waals surface area contributed by atoms with Gasteiger partial charge in [-0.05, 0) is 65.6 Å². The van der Waals surface area contributed by atoms with Gasteiger partial charge in [0.1, 0.15) is 31.1 Å². The normalized spacial score (nSPS) is 23.6. The van der Waals surface area contributed by atoms with Gasteiger partial charge in [0.2, 0.25) is 5.91 Å². The van der Waals surface area contributed by atoms with Crippen LogP contribution in [0.4, 0.5) is 0 Å². The summed E-state index contributed by atoms with van der Waals surface area (Å²) in [5.74, 6) is -0.810. The van der Waals surface area contributed by atoms with Crippen LogP contribution in [0.2, 0.25) is 0 Å². The predicted octanol–water partition coefficient (Wildman–Crippen LogP) is 2.85. The smallest absolute Gasteiger partial charge is 0.252 e. The van der Waals surface area contributed by atoms with Crippen molar-refractivity contribution in [1.29, 1.82) is 0 Å². The quantitative estimate of drug-likeness (QED) is 0.494. The van der Waals surface area contributed by atoms with E-state index in [9.17, 15) is 14.4 Å². The summed E-state index contributed by atoms with van der Waals surface area (Å²) in [6.45, 7) is 4.63. The molecule has 0 radical (unpaired) electrons. The Morgan fingerprint density at radius 3 is 2.45 bits per heavy atom. The van der Waals surface area contributed by atoms with Crippen LogP contribution in [0.5, 0.6) is 0 Å². The highest BCUT2D eigenvalue weighted by Gasteiger charge is 2.53. The number of halogens is 1. The van der Waals surface area contributed by atoms with Crippen molar-refractivity contribution < 1.29 is 19.1 Å². The second-order valence-electron chi connectivity index (χ2n) is 10.5. The van der Waals surface area contributed by atoms with Crippen molar-refractivity contribution in [2.75, 3.05) is 13.2 Å². The van der Waals surface area contributed by atoms with E-state index in [1.807, 2.05) is 0 Å². The summed E-state index contributed by atoms with van der Waals surface area (Å²) in [6.07, 6.45) is 4.48. The van der Waals surface area contributed by atoms with Gasteiger partial charge in [0.05, 0.1) is 11.1 Å². The Kier molecular flexibility index (Phi) is 15.1. The third kappa shape index (κ3) is 7.88. The zero-order valence-corrected chi connectivity index (χ0v) is 26.5. The van der Waals surface area contributed by atoms with Crippen LogP contribution in [-0.4, -0.2) is 79.4 Å². The summed E-state index contributed by atoms with van der Waals surface area (Å²) in [5, 5.41) is 13.7. The number of ketones is 1. The van der Waals surface area contributed by atoms with Gasteiger partial charge in [0.25, 0.3) is 5.91 Å². The van der Waals surface area contributed by atoms with E-state index >= 15 is 0 Å². The molecule has 1 aromatic heterocycles. The first-order chi connectivity index (χ1) is 16.7. The van der Waals surface area contributed by atoms with Gasteiger partial charge in [0.15, 0.2) is 5.78 Å². The number of hydrogen-bond donors (Lipinski definition) is 1. The lowest BCUT2D eigenvalue weighted by Crippen LogP contribution is -2.55. The van der Waals surface area contributed by atoms with Gasteiger partial charge in [-0.2, -0.15) is 54.0 Å². The number of ether oxygens (including phenoxy) is 1. The fourth-order valence-corrected chi connectivity index (χ4v) is 5.79. The van der Waals surface area contributed by atoms with E-state index in [0.29, 0.717) is 11.3 Å². The zero-order valence-electron chi connectivity index (χ0n) is 21.8. The van der Waals surface area contributed by atoms with Crippen molar-refractivity contribution in [1.82, 2.24) is 30.4 Å². The van der Waals surface area contributed by atoms with Crippen molar-refractivity contribution in [3.63, 3.8) is 0 Å². The van der Waals surface area contributed by atoms with Crippen molar-refractivity contribution in [2.45, 2.75) is 70.5 Å². The number of tetrazole rings is 1. The lowest BCUT2D eigenvalue weighted by molar-refractivity contribution is -0.139. The minimum Gasteiger partial charge on any atom is -0.366 e. The zero-order chi connectivity index (χ0) is 24.7. The van der Waals surface area contributed by atoms with Gasteiger partial charge in [-0.3, -0.25) is 14.4 Å². The summed E-state index contributed by atoms with van der Waals surface area (Å²) < 4.78 is 7.01. The van der Waals surface area contributed by atoms with Crippen molar-refractivity contribution in [2.24, 2.45) is 11.3 Å². The van der Waals surface area contributed by atoms with Gasteiger partial charge < -0.3 is 15.0 Å². The number of hydrogen-bond acceptors (Lipinski definition) is 7. The summed E-state index contributed by atoms with van der Waals surface area (Å²) in [7, 11) is 0. The average Bonchev–Trinajstić information content (AvgIpc) is 3.57. The van der Waals surface area contributed by atoms with E-state index in [0.717, 1.165) is 25.7 Å². The Labute approximate surface area is 268 Å². The molecule has 3 aliphatic rings. The van der Waals surface area contributed by atoms with Crippen LogP contribution in [0.3, 0.4) is 0 Å². The number of nitrogens with one attached hydrogen (secondary N) is 1. The number of nitrogens with zero attached hydrogens (tertiary/aromatic N) is 5. The summed E-state index contributed by atoms with van der Waals surface area (Å²) in [5.41, 5.74) is 1.22. The summed E-state index contributed by atoms with van der Waals surface area (Å²) in [6, 6.07) is 5.44. The van der Waals surface area contributed by atoms with E-state index in [2.05, 4.69) is 34.7 Å². The standard InChI is InChI=1S/C24H29ClN6O4.CH4.4H2S/c1-24(2)8-6-14(7-9-24)19(23(34)30-11-17(25)21-20(30)18(32)12-35-21)27-22(33)15-4-3-5-16(10-15)31-13-26-28-29-31;;;;;/h3-5,10,13-14,17,19-21H,6-9,11-12H2,1-2H3,(H,27,33);1H4;4*1H2/t17-,19-,20+,21+;;;;;/m0...../s1. The first-order valence-corrected chi connectivity index (χ1v) is 12.4. The van der Waals surface area contributed by atoms with Gasteiger partial charge in [-0.25, -0.2) is 4.68 Å². The second kappa shape index (κ2) is 15.7. The van der Waals surface area contributed by atoms with Crippen molar-refractivity contribution >= 4 is 83.2 Å². The first-order valence-electron chi connectivity index (χ1n) is 12.0. The van der Waals surface area contributed by atoms with Crippen LogP contribution < -0.4 is 5.32 Å². The molecule has 2 saturated heterocycles. The first kappa shape index (κ1) is 38.5. The number of amides is 2. The SMILES string of the molecule is C.CC1(C)CCC([C@H](NC(=O)c2cccc(-n3cnnn3)c2)C(=O)N2C[C@H](Cl)[C@H]3OCC(=O)[C@H]32)CC1.S.S.S.S. The number of carbonyl (C=O) groups is 3. The molecule has 0 unspecified atom stereocenters. The van der Waals surface area contributed by atoms with Gasteiger partial charge in [-0.15, -0.1) is 16.7 Å². The predicted molar refractivity (Wildman–Crippen MR) is 174 cm³/mol. The molecule has 1 aliphatic carbocycles. The highest BCUT2D eigenvalue weighted by molar-refractivity contribution is 7.59. The number of fused-ring (bicyclic) bond motifs is 1. The van der Waals surface area contributed by atoms with Crippen LogP contribution in [0, 0.1) is 11.3 Å². The number of alkyl halides is 1. The van der Waals surface area contributed by atoms with Gasteiger partial charge >= 0.3 is 0 Å². The third-order valence-corrected chi connectivity index (χ3v) is 7.92. The molecule has 1 N–H and O–H groups in total. The molecule has 0 bridgehead atoms. The van der Waals surface area contributed by atoms with Crippen LogP contribution in [0.1, 0.15) is 57.3 Å². The molecule has 0 spiro atoms. The molecule has 2 aromatic rings. The highest BCUT2D eigenvalue weighted by atomic mass is 35.5. The fraction of sp³-hybridized carbons (Fsp3) is 0.600. The molecule has 10 nitrogen and oxygen atoms in total. The average molecular weight is 653 g/mol. The van der Waals surface area contributed by atoms with Crippen molar-refractivity contribution in [3.8, 4) is 5.69 Å². The van der Waals surface area contributed by atoms with Crippen LogP contribution in [-0.2, 0) is 14.3 Å². The highest BCUT2D eigenvalue weighted by Crippen LogP contribution is 2.40. The molecule has 1 aromatic carbocycles. The molecule has 15 heteroatoms. The van der Waals surface area contributed by atoms with E-state index < -0.39 is 23.6 Å². The van der Waals surface area contributed by atoms with Gasteiger partial charge in [0, 0.05) is 12.1 Å². The van der Waals surface area contributed by atoms with Crippen LogP contribution in [0.25, 0.3) is 5.69 Å². The number of benzene rings is 1. The molecular formula is C25H41ClN6O4S4. The number of likely N-dealkylation sites (tertiary alicyclic amines) is 1. The number of Topliss-reactive ketones (excluding diaryl/α,β-unsaturated/α-hetero) is 1. The maximum absolute atomic E-state index is 13.9. The Morgan fingerprint density at radius 1 is 1.15 bits per heavy atom. The van der Waals surface area contributed by atoms with E-state index in [-0.39, 0.29) is 103 Å². The number of carbonyl (C=O) groups excluding carboxylic acids is 3. The molecule has 5 rings (SSSR count). The Hall–Kier alpha value is -1.45. The molecule has 2 aliphatic heterocycles.